The fraction of sp³-hybridized carbons (Fsp3) is 0.258. The van der Waals surface area contributed by atoms with Crippen LogP contribution in [-0.4, -0.2) is 23.7 Å². The van der Waals surface area contributed by atoms with Crippen LogP contribution in [0.3, 0.4) is 0 Å². The van der Waals surface area contributed by atoms with Gasteiger partial charge in [0.15, 0.2) is 0 Å². The predicted octanol–water partition coefficient (Wildman–Crippen LogP) is 6.93. The van der Waals surface area contributed by atoms with Crippen molar-refractivity contribution in [3.05, 3.63) is 112 Å². The second kappa shape index (κ2) is 9.75. The molecule has 1 aliphatic rings. The molecule has 4 aromatic carbocycles. The molecule has 5 heteroatoms. The van der Waals surface area contributed by atoms with Gasteiger partial charge in [0.2, 0.25) is 0 Å². The van der Waals surface area contributed by atoms with Crippen molar-refractivity contribution in [3.63, 3.8) is 0 Å². The van der Waals surface area contributed by atoms with Crippen molar-refractivity contribution in [1.82, 2.24) is 5.32 Å². The minimum absolute atomic E-state index is 0.00467. The molecule has 0 fully saturated rings. The molecule has 0 aromatic heterocycles. The Labute approximate surface area is 210 Å². The standard InChI is InChI=1S/C31H30FNO3/c1-18-14-21(15-27(19(18)2)31(34)35)28-16-22(36-30-11-7-6-10-26(28)30)17-33-20(3)23-12-13-29(32)25-9-5-4-8-24(23)25/h4-15,20,22,28,33H,16-17H2,1-3H3,(H,34,35)/t20-,22-,28-/m1/s1. The number of carboxylic acid groups (broad SMARTS) is 1. The van der Waals surface area contributed by atoms with Crippen LogP contribution < -0.4 is 10.1 Å². The molecule has 36 heavy (non-hydrogen) atoms. The summed E-state index contributed by atoms with van der Waals surface area (Å²) in [5.74, 6) is -0.265. The third-order valence-corrected chi connectivity index (χ3v) is 7.43. The van der Waals surface area contributed by atoms with E-state index in [4.69, 9.17) is 4.74 Å². The summed E-state index contributed by atoms with van der Waals surface area (Å²) in [4.78, 5) is 11.9. The zero-order valence-electron chi connectivity index (χ0n) is 20.7. The first-order valence-electron chi connectivity index (χ1n) is 12.3. The maximum absolute atomic E-state index is 14.3. The van der Waals surface area contributed by atoms with Crippen LogP contribution in [0.4, 0.5) is 4.39 Å². The zero-order valence-corrected chi connectivity index (χ0v) is 20.7. The lowest BCUT2D eigenvalue weighted by Crippen LogP contribution is -2.37. The van der Waals surface area contributed by atoms with Crippen molar-refractivity contribution >= 4 is 16.7 Å². The van der Waals surface area contributed by atoms with Crippen LogP contribution in [0.1, 0.15) is 63.5 Å². The van der Waals surface area contributed by atoms with Crippen LogP contribution in [-0.2, 0) is 0 Å². The van der Waals surface area contributed by atoms with E-state index in [2.05, 4.69) is 24.4 Å². The summed E-state index contributed by atoms with van der Waals surface area (Å²) in [5, 5.41) is 14.9. The summed E-state index contributed by atoms with van der Waals surface area (Å²) >= 11 is 0. The minimum Gasteiger partial charge on any atom is -0.489 e. The summed E-state index contributed by atoms with van der Waals surface area (Å²) in [5.41, 5.74) is 5.23. The highest BCUT2D eigenvalue weighted by molar-refractivity contribution is 5.90. The van der Waals surface area contributed by atoms with Gasteiger partial charge in [-0.05, 0) is 73.0 Å². The number of hydrogen-bond acceptors (Lipinski definition) is 3. The number of hydrogen-bond donors (Lipinski definition) is 2. The fourth-order valence-corrected chi connectivity index (χ4v) is 5.33. The van der Waals surface area contributed by atoms with E-state index in [0.717, 1.165) is 45.4 Å². The first kappa shape index (κ1) is 24.0. The zero-order chi connectivity index (χ0) is 25.4. The maximum atomic E-state index is 14.3. The second-order valence-electron chi connectivity index (χ2n) is 9.69. The van der Waals surface area contributed by atoms with Gasteiger partial charge in [-0.25, -0.2) is 9.18 Å². The molecule has 3 atom stereocenters. The molecule has 5 rings (SSSR count). The van der Waals surface area contributed by atoms with Crippen LogP contribution in [0, 0.1) is 19.7 Å². The lowest BCUT2D eigenvalue weighted by Gasteiger charge is -2.34. The van der Waals surface area contributed by atoms with Gasteiger partial charge in [0.05, 0.1) is 5.56 Å². The van der Waals surface area contributed by atoms with Crippen molar-refractivity contribution in [1.29, 1.82) is 0 Å². The molecule has 0 radical (unpaired) electrons. The monoisotopic (exact) mass is 483 g/mol. The summed E-state index contributed by atoms with van der Waals surface area (Å²) in [6.45, 7) is 6.50. The normalized spacial score (nSPS) is 17.9. The van der Waals surface area contributed by atoms with E-state index in [9.17, 15) is 14.3 Å². The quantitative estimate of drug-likeness (QED) is 0.312. The summed E-state index contributed by atoms with van der Waals surface area (Å²) in [7, 11) is 0. The Morgan fingerprint density at radius 3 is 2.56 bits per heavy atom. The van der Waals surface area contributed by atoms with E-state index < -0.39 is 5.97 Å². The number of nitrogens with one attached hydrogen (secondary N) is 1. The van der Waals surface area contributed by atoms with E-state index in [1.54, 1.807) is 0 Å². The number of fused-ring (bicyclic) bond motifs is 2. The van der Waals surface area contributed by atoms with E-state index >= 15 is 0 Å². The Morgan fingerprint density at radius 2 is 1.78 bits per heavy atom. The van der Waals surface area contributed by atoms with Crippen molar-refractivity contribution < 1.29 is 19.0 Å². The highest BCUT2D eigenvalue weighted by atomic mass is 19.1. The Kier molecular flexibility index (Phi) is 6.50. The first-order chi connectivity index (χ1) is 17.3. The van der Waals surface area contributed by atoms with E-state index in [1.807, 2.05) is 68.4 Å². The van der Waals surface area contributed by atoms with Crippen LogP contribution in [0.2, 0.25) is 0 Å². The molecular weight excluding hydrogens is 453 g/mol. The molecule has 0 amide bonds. The van der Waals surface area contributed by atoms with Crippen molar-refractivity contribution in [2.45, 2.75) is 45.3 Å². The molecule has 0 spiro atoms. The number of rotatable bonds is 6. The number of ether oxygens (including phenoxy) is 1. The van der Waals surface area contributed by atoms with E-state index in [-0.39, 0.29) is 23.9 Å². The fourth-order valence-electron chi connectivity index (χ4n) is 5.33. The Morgan fingerprint density at radius 1 is 1.06 bits per heavy atom. The smallest absolute Gasteiger partial charge is 0.335 e. The van der Waals surface area contributed by atoms with Crippen LogP contribution in [0.25, 0.3) is 10.8 Å². The molecule has 4 nitrogen and oxygen atoms in total. The topological polar surface area (TPSA) is 58.6 Å². The molecule has 4 aromatic rings. The molecule has 2 N–H and O–H groups in total. The van der Waals surface area contributed by atoms with Crippen molar-refractivity contribution in [2.75, 3.05) is 6.54 Å². The Bertz CT molecular complexity index is 1450. The average Bonchev–Trinajstić information content (AvgIpc) is 2.88. The average molecular weight is 484 g/mol. The second-order valence-corrected chi connectivity index (χ2v) is 9.69. The molecular formula is C31H30FNO3. The number of carboxylic acids is 1. The third-order valence-electron chi connectivity index (χ3n) is 7.43. The number of para-hydroxylation sites is 1. The van der Waals surface area contributed by atoms with Gasteiger partial charge in [0, 0.05) is 29.5 Å². The number of aromatic carboxylic acids is 1. The number of halogens is 1. The van der Waals surface area contributed by atoms with Gasteiger partial charge in [-0.1, -0.05) is 54.6 Å². The minimum atomic E-state index is -0.906. The van der Waals surface area contributed by atoms with E-state index in [0.29, 0.717) is 17.5 Å². The lowest BCUT2D eigenvalue weighted by molar-refractivity contribution is 0.0696. The largest absolute Gasteiger partial charge is 0.489 e. The SMILES string of the molecule is Cc1cc([C@H]2C[C@H](CN[C@H](C)c3ccc(F)c4ccccc34)Oc3ccccc32)cc(C(=O)O)c1C. The highest BCUT2D eigenvalue weighted by Gasteiger charge is 2.30. The van der Waals surface area contributed by atoms with Crippen molar-refractivity contribution in [3.8, 4) is 5.75 Å². The van der Waals surface area contributed by atoms with Gasteiger partial charge >= 0.3 is 5.97 Å². The van der Waals surface area contributed by atoms with Gasteiger partial charge in [-0.2, -0.15) is 0 Å². The van der Waals surface area contributed by atoms with Gasteiger partial charge in [0.1, 0.15) is 17.7 Å². The molecule has 0 aliphatic carbocycles. The van der Waals surface area contributed by atoms with Crippen LogP contribution in [0.15, 0.2) is 72.8 Å². The summed E-state index contributed by atoms with van der Waals surface area (Å²) < 4.78 is 20.7. The van der Waals surface area contributed by atoms with Crippen LogP contribution in [0.5, 0.6) is 5.75 Å². The molecule has 0 unspecified atom stereocenters. The number of benzene rings is 4. The molecule has 0 saturated carbocycles. The first-order valence-corrected chi connectivity index (χ1v) is 12.3. The molecule has 184 valence electrons. The maximum Gasteiger partial charge on any atom is 0.335 e. The summed E-state index contributed by atoms with van der Waals surface area (Å²) in [6, 6.07) is 22.8. The van der Waals surface area contributed by atoms with E-state index in [1.165, 1.54) is 6.07 Å². The highest BCUT2D eigenvalue weighted by Crippen LogP contribution is 2.41. The molecule has 1 aliphatic heterocycles. The van der Waals surface area contributed by atoms with Crippen molar-refractivity contribution in [2.24, 2.45) is 0 Å². The van der Waals surface area contributed by atoms with Gasteiger partial charge in [0.25, 0.3) is 0 Å². The van der Waals surface area contributed by atoms with Gasteiger partial charge < -0.3 is 15.2 Å². The van der Waals surface area contributed by atoms with Gasteiger partial charge in [-0.3, -0.25) is 0 Å². The lowest BCUT2D eigenvalue weighted by atomic mass is 9.82. The molecule has 1 heterocycles. The molecule has 0 bridgehead atoms. The number of aryl methyl sites for hydroxylation is 1. The van der Waals surface area contributed by atoms with Crippen LogP contribution >= 0.6 is 0 Å². The number of carbonyl (C=O) groups is 1. The Hall–Kier alpha value is -3.70. The predicted molar refractivity (Wildman–Crippen MR) is 141 cm³/mol. The third kappa shape index (κ3) is 4.47. The molecule has 0 saturated heterocycles. The Balaban J connectivity index is 1.41. The van der Waals surface area contributed by atoms with Gasteiger partial charge in [-0.15, -0.1) is 0 Å². The summed E-state index contributed by atoms with van der Waals surface area (Å²) in [6.07, 6.45) is 0.622.